The number of ether oxygens (including phenoxy) is 1. The number of nitrogens with zero attached hydrogens (tertiary/aromatic N) is 1. The van der Waals surface area contributed by atoms with Gasteiger partial charge in [0, 0.05) is 18.5 Å². The van der Waals surface area contributed by atoms with Crippen LogP contribution in [0.2, 0.25) is 0 Å². The molecule has 5 heteroatoms. The average Bonchev–Trinajstić information content (AvgIpc) is 3.07. The zero-order valence-electron chi connectivity index (χ0n) is 13.4. The van der Waals surface area contributed by atoms with E-state index < -0.39 is 0 Å². The minimum absolute atomic E-state index is 0.0737. The summed E-state index contributed by atoms with van der Waals surface area (Å²) in [4.78, 5) is 14.3. The molecule has 1 atom stereocenters. The highest BCUT2D eigenvalue weighted by molar-refractivity contribution is 5.75. The molecule has 0 aliphatic carbocycles. The van der Waals surface area contributed by atoms with Gasteiger partial charge in [0.05, 0.1) is 13.2 Å². The Bertz CT molecular complexity index is 473. The number of benzene rings is 1. The lowest BCUT2D eigenvalue weighted by atomic mass is 10.0. The Balaban J connectivity index is 2.07. The third-order valence-electron chi connectivity index (χ3n) is 4.18. The predicted octanol–water partition coefficient (Wildman–Crippen LogP) is 1.69. The smallest absolute Gasteiger partial charge is 0.220 e. The summed E-state index contributed by atoms with van der Waals surface area (Å²) in [6.45, 7) is 3.31. The minimum atomic E-state index is 0.0737. The molecule has 1 amide bonds. The van der Waals surface area contributed by atoms with E-state index in [0.29, 0.717) is 19.5 Å². The molecule has 0 bridgehead atoms. The van der Waals surface area contributed by atoms with E-state index in [1.54, 1.807) is 7.11 Å². The van der Waals surface area contributed by atoms with E-state index in [0.717, 1.165) is 30.8 Å². The van der Waals surface area contributed by atoms with Crippen molar-refractivity contribution >= 4 is 5.91 Å². The molecule has 0 radical (unpaired) electrons. The summed E-state index contributed by atoms with van der Waals surface area (Å²) in [5.41, 5.74) is 6.60. The number of methoxy groups -OCH3 is 1. The van der Waals surface area contributed by atoms with Crippen LogP contribution in [0.5, 0.6) is 5.75 Å². The molecule has 3 N–H and O–H groups in total. The Kier molecular flexibility index (Phi) is 6.68. The summed E-state index contributed by atoms with van der Waals surface area (Å²) in [7, 11) is 1.69. The van der Waals surface area contributed by atoms with Gasteiger partial charge in [0.2, 0.25) is 5.91 Å². The molecule has 1 aliphatic rings. The van der Waals surface area contributed by atoms with Crippen LogP contribution in [-0.4, -0.2) is 44.1 Å². The van der Waals surface area contributed by atoms with Gasteiger partial charge in [-0.2, -0.15) is 0 Å². The van der Waals surface area contributed by atoms with Crippen molar-refractivity contribution in [2.75, 3.05) is 33.3 Å². The molecule has 0 spiro atoms. The SMILES string of the molecule is COc1ccccc1C(CNC(=O)CCCN)N1CCCC1. The standard InChI is InChI=1S/C17H27N3O2/c1-22-16-8-3-2-7-14(16)15(20-11-4-5-12-20)13-19-17(21)9-6-10-18/h2-3,7-8,15H,4-6,9-13,18H2,1H3,(H,19,21). The molecule has 1 aliphatic heterocycles. The van der Waals surface area contributed by atoms with E-state index in [4.69, 9.17) is 10.5 Å². The topological polar surface area (TPSA) is 67.6 Å². The van der Waals surface area contributed by atoms with Crippen LogP contribution in [0.15, 0.2) is 24.3 Å². The van der Waals surface area contributed by atoms with Crippen molar-refractivity contribution in [2.45, 2.75) is 31.7 Å². The molecule has 1 saturated heterocycles. The second kappa shape index (κ2) is 8.76. The summed E-state index contributed by atoms with van der Waals surface area (Å²) in [5, 5.41) is 3.05. The highest BCUT2D eigenvalue weighted by Gasteiger charge is 2.26. The first-order valence-electron chi connectivity index (χ1n) is 8.10. The highest BCUT2D eigenvalue weighted by Crippen LogP contribution is 2.31. The van der Waals surface area contributed by atoms with E-state index >= 15 is 0 Å². The predicted molar refractivity (Wildman–Crippen MR) is 87.8 cm³/mol. The van der Waals surface area contributed by atoms with Crippen molar-refractivity contribution in [1.29, 1.82) is 0 Å². The second-order valence-electron chi connectivity index (χ2n) is 5.70. The molecule has 5 nitrogen and oxygen atoms in total. The highest BCUT2D eigenvalue weighted by atomic mass is 16.5. The molecule has 122 valence electrons. The molecule has 1 aromatic rings. The number of nitrogens with one attached hydrogen (secondary N) is 1. The van der Waals surface area contributed by atoms with E-state index in [1.165, 1.54) is 12.8 Å². The number of amides is 1. The number of para-hydroxylation sites is 1. The molecule has 1 unspecified atom stereocenters. The van der Waals surface area contributed by atoms with Crippen LogP contribution in [-0.2, 0) is 4.79 Å². The van der Waals surface area contributed by atoms with Gasteiger partial charge < -0.3 is 15.8 Å². The zero-order chi connectivity index (χ0) is 15.8. The Morgan fingerprint density at radius 1 is 1.36 bits per heavy atom. The maximum absolute atomic E-state index is 11.9. The summed E-state index contributed by atoms with van der Waals surface area (Å²) in [5.74, 6) is 0.958. The maximum atomic E-state index is 11.9. The van der Waals surface area contributed by atoms with Crippen LogP contribution in [0, 0.1) is 0 Å². The van der Waals surface area contributed by atoms with Crippen molar-refractivity contribution in [2.24, 2.45) is 5.73 Å². The first kappa shape index (κ1) is 16.8. The van der Waals surface area contributed by atoms with E-state index in [1.807, 2.05) is 18.2 Å². The fourth-order valence-electron chi connectivity index (χ4n) is 2.99. The maximum Gasteiger partial charge on any atom is 0.220 e. The van der Waals surface area contributed by atoms with Gasteiger partial charge in [0.25, 0.3) is 0 Å². The number of carbonyl (C=O) groups excluding carboxylic acids is 1. The van der Waals surface area contributed by atoms with Crippen LogP contribution in [0.1, 0.15) is 37.3 Å². The van der Waals surface area contributed by atoms with Gasteiger partial charge in [0.1, 0.15) is 5.75 Å². The van der Waals surface area contributed by atoms with Gasteiger partial charge in [-0.05, 0) is 45.0 Å². The monoisotopic (exact) mass is 305 g/mol. The first-order valence-corrected chi connectivity index (χ1v) is 8.10. The number of carbonyl (C=O) groups is 1. The lowest BCUT2D eigenvalue weighted by molar-refractivity contribution is -0.121. The van der Waals surface area contributed by atoms with Crippen LogP contribution in [0.4, 0.5) is 0 Å². The molecule has 2 rings (SSSR count). The Morgan fingerprint density at radius 3 is 2.77 bits per heavy atom. The van der Waals surface area contributed by atoms with Gasteiger partial charge in [-0.25, -0.2) is 0 Å². The number of likely N-dealkylation sites (tertiary alicyclic amines) is 1. The fourth-order valence-corrected chi connectivity index (χ4v) is 2.99. The van der Waals surface area contributed by atoms with Gasteiger partial charge >= 0.3 is 0 Å². The van der Waals surface area contributed by atoms with Gasteiger partial charge in [-0.3, -0.25) is 9.69 Å². The number of hydrogen-bond donors (Lipinski definition) is 2. The van der Waals surface area contributed by atoms with Crippen molar-refractivity contribution < 1.29 is 9.53 Å². The summed E-state index contributed by atoms with van der Waals surface area (Å²) < 4.78 is 5.50. The Hall–Kier alpha value is -1.59. The second-order valence-corrected chi connectivity index (χ2v) is 5.70. The van der Waals surface area contributed by atoms with Gasteiger partial charge in [-0.15, -0.1) is 0 Å². The van der Waals surface area contributed by atoms with Crippen molar-refractivity contribution in [3.05, 3.63) is 29.8 Å². The van der Waals surface area contributed by atoms with Crippen molar-refractivity contribution in [3.63, 3.8) is 0 Å². The zero-order valence-corrected chi connectivity index (χ0v) is 13.4. The molecule has 1 aromatic carbocycles. The number of nitrogens with two attached hydrogens (primary N) is 1. The van der Waals surface area contributed by atoms with Crippen LogP contribution >= 0.6 is 0 Å². The largest absolute Gasteiger partial charge is 0.496 e. The molecule has 0 aromatic heterocycles. The Morgan fingerprint density at radius 2 is 2.09 bits per heavy atom. The van der Waals surface area contributed by atoms with Gasteiger partial charge in [0.15, 0.2) is 0 Å². The molecule has 0 saturated carbocycles. The molecular weight excluding hydrogens is 278 g/mol. The average molecular weight is 305 g/mol. The first-order chi connectivity index (χ1) is 10.8. The van der Waals surface area contributed by atoms with E-state index in [-0.39, 0.29) is 11.9 Å². The summed E-state index contributed by atoms with van der Waals surface area (Å²) >= 11 is 0. The number of rotatable bonds is 8. The lowest BCUT2D eigenvalue weighted by Crippen LogP contribution is -2.37. The molecular formula is C17H27N3O2. The molecule has 1 fully saturated rings. The third-order valence-corrected chi connectivity index (χ3v) is 4.18. The van der Waals surface area contributed by atoms with E-state index in [9.17, 15) is 4.79 Å². The third kappa shape index (κ3) is 4.45. The van der Waals surface area contributed by atoms with Crippen LogP contribution < -0.4 is 15.8 Å². The molecule has 1 heterocycles. The fraction of sp³-hybridized carbons (Fsp3) is 0.588. The summed E-state index contributed by atoms with van der Waals surface area (Å²) in [6, 6.07) is 8.24. The van der Waals surface area contributed by atoms with Crippen LogP contribution in [0.25, 0.3) is 0 Å². The Labute approximate surface area is 132 Å². The van der Waals surface area contributed by atoms with E-state index in [2.05, 4.69) is 16.3 Å². The van der Waals surface area contributed by atoms with Crippen molar-refractivity contribution in [3.8, 4) is 5.75 Å². The summed E-state index contributed by atoms with van der Waals surface area (Å²) in [6.07, 6.45) is 3.66. The van der Waals surface area contributed by atoms with Crippen molar-refractivity contribution in [1.82, 2.24) is 10.2 Å². The van der Waals surface area contributed by atoms with Crippen LogP contribution in [0.3, 0.4) is 0 Å². The molecule has 22 heavy (non-hydrogen) atoms. The normalized spacial score (nSPS) is 16.5. The quantitative estimate of drug-likeness (QED) is 0.767. The number of hydrogen-bond acceptors (Lipinski definition) is 4. The minimum Gasteiger partial charge on any atom is -0.496 e. The lowest BCUT2D eigenvalue weighted by Gasteiger charge is -2.29. The van der Waals surface area contributed by atoms with Gasteiger partial charge in [-0.1, -0.05) is 18.2 Å².